The zero-order valence-electron chi connectivity index (χ0n) is 14.6. The number of urea groups is 1. The van der Waals surface area contributed by atoms with E-state index in [1.165, 1.54) is 12.8 Å². The van der Waals surface area contributed by atoms with Crippen molar-refractivity contribution in [3.05, 3.63) is 36.4 Å². The number of hydrogen-bond acceptors (Lipinski definition) is 4. The van der Waals surface area contributed by atoms with Gasteiger partial charge < -0.3 is 14.8 Å². The lowest BCUT2D eigenvalue weighted by Crippen LogP contribution is -2.43. The Morgan fingerprint density at radius 1 is 1.24 bits per heavy atom. The topological polar surface area (TPSA) is 75.9 Å². The van der Waals surface area contributed by atoms with Crippen LogP contribution >= 0.6 is 0 Å². The van der Waals surface area contributed by atoms with Crippen LogP contribution in [-0.4, -0.2) is 43.5 Å². The Kier molecular flexibility index (Phi) is 4.38. The molecule has 2 amide bonds. The van der Waals surface area contributed by atoms with Gasteiger partial charge in [-0.2, -0.15) is 0 Å². The molecule has 7 heteroatoms. The number of anilines is 1. The molecule has 1 aliphatic heterocycles. The fourth-order valence-corrected chi connectivity index (χ4v) is 3.42. The molecule has 1 unspecified atom stereocenters. The molecule has 1 N–H and O–H groups in total. The first-order valence-electron chi connectivity index (χ1n) is 9.03. The number of likely N-dealkylation sites (tertiary alicyclic amines) is 1. The Bertz CT molecular complexity index is 736. The predicted octanol–water partition coefficient (Wildman–Crippen LogP) is 2.57. The van der Waals surface area contributed by atoms with Crippen molar-refractivity contribution in [1.29, 1.82) is 0 Å². The van der Waals surface area contributed by atoms with E-state index in [-0.39, 0.29) is 6.03 Å². The van der Waals surface area contributed by atoms with Crippen LogP contribution in [0.1, 0.15) is 43.3 Å². The van der Waals surface area contributed by atoms with Gasteiger partial charge in [0.25, 0.3) is 0 Å². The zero-order chi connectivity index (χ0) is 17.2. The van der Waals surface area contributed by atoms with Gasteiger partial charge in [-0.25, -0.2) is 19.7 Å². The van der Waals surface area contributed by atoms with Gasteiger partial charge in [0.05, 0.1) is 18.1 Å². The Labute approximate surface area is 147 Å². The van der Waals surface area contributed by atoms with Gasteiger partial charge in [-0.15, -0.1) is 0 Å². The molecule has 7 nitrogen and oxygen atoms in total. The SMILES string of the molecule is Cn1ccnc1CC1CCCN(C(=O)Nc2cnc(C3CC3)nc2)C1. The molecule has 1 saturated carbocycles. The highest BCUT2D eigenvalue weighted by atomic mass is 16.2. The number of hydrogen-bond donors (Lipinski definition) is 1. The minimum absolute atomic E-state index is 0.0627. The molecule has 2 aromatic heterocycles. The van der Waals surface area contributed by atoms with Crippen LogP contribution < -0.4 is 5.32 Å². The average Bonchev–Trinajstić information content (AvgIpc) is 3.40. The third kappa shape index (κ3) is 3.81. The third-order valence-electron chi connectivity index (χ3n) is 5.06. The van der Waals surface area contributed by atoms with E-state index in [0.717, 1.165) is 44.0 Å². The monoisotopic (exact) mass is 340 g/mol. The first-order chi connectivity index (χ1) is 12.2. The van der Waals surface area contributed by atoms with E-state index in [4.69, 9.17) is 0 Å². The van der Waals surface area contributed by atoms with Crippen LogP contribution in [0.3, 0.4) is 0 Å². The number of nitrogens with one attached hydrogen (secondary N) is 1. The number of aromatic nitrogens is 4. The van der Waals surface area contributed by atoms with Crippen molar-refractivity contribution >= 4 is 11.7 Å². The van der Waals surface area contributed by atoms with E-state index in [0.29, 0.717) is 17.5 Å². The van der Waals surface area contributed by atoms with Gasteiger partial charge in [-0.05, 0) is 31.6 Å². The second-order valence-corrected chi connectivity index (χ2v) is 7.15. The quantitative estimate of drug-likeness (QED) is 0.928. The summed E-state index contributed by atoms with van der Waals surface area (Å²) in [6.45, 7) is 1.56. The largest absolute Gasteiger partial charge is 0.338 e. The Hall–Kier alpha value is -2.44. The van der Waals surface area contributed by atoms with E-state index in [1.807, 2.05) is 24.3 Å². The standard InChI is InChI=1S/C18H24N6O/c1-23-8-6-19-16(23)9-13-3-2-7-24(12-13)18(25)22-15-10-20-17(21-11-15)14-4-5-14/h6,8,10-11,13-14H,2-5,7,9,12H2,1H3,(H,22,25). The van der Waals surface area contributed by atoms with Crippen molar-refractivity contribution in [3.8, 4) is 0 Å². The first-order valence-corrected chi connectivity index (χ1v) is 9.03. The van der Waals surface area contributed by atoms with E-state index in [1.54, 1.807) is 12.4 Å². The van der Waals surface area contributed by atoms with E-state index in [2.05, 4.69) is 24.8 Å². The van der Waals surface area contributed by atoms with Gasteiger partial charge in [0, 0.05) is 44.9 Å². The fraction of sp³-hybridized carbons (Fsp3) is 0.556. The fourth-order valence-electron chi connectivity index (χ4n) is 3.42. The summed E-state index contributed by atoms with van der Waals surface area (Å²) >= 11 is 0. The molecule has 0 spiro atoms. The number of carbonyl (C=O) groups is 1. The van der Waals surface area contributed by atoms with Crippen molar-refractivity contribution in [2.45, 2.75) is 38.0 Å². The van der Waals surface area contributed by atoms with Gasteiger partial charge in [0.15, 0.2) is 0 Å². The number of piperidine rings is 1. The summed E-state index contributed by atoms with van der Waals surface area (Å²) in [5, 5.41) is 2.93. The van der Waals surface area contributed by atoms with Gasteiger partial charge in [-0.1, -0.05) is 0 Å². The number of aryl methyl sites for hydroxylation is 1. The maximum Gasteiger partial charge on any atom is 0.321 e. The molecule has 0 aromatic carbocycles. The normalized spacial score (nSPS) is 20.5. The third-order valence-corrected chi connectivity index (χ3v) is 5.06. The highest BCUT2D eigenvalue weighted by Crippen LogP contribution is 2.37. The summed E-state index contributed by atoms with van der Waals surface area (Å²) in [5.74, 6) is 2.95. The highest BCUT2D eigenvalue weighted by Gasteiger charge is 2.27. The lowest BCUT2D eigenvalue weighted by molar-refractivity contribution is 0.176. The van der Waals surface area contributed by atoms with Gasteiger partial charge in [-0.3, -0.25) is 0 Å². The first kappa shape index (κ1) is 16.1. The Morgan fingerprint density at radius 3 is 2.72 bits per heavy atom. The summed E-state index contributed by atoms with van der Waals surface area (Å²) in [7, 11) is 2.01. The summed E-state index contributed by atoms with van der Waals surface area (Å²) in [6.07, 6.45) is 12.7. The van der Waals surface area contributed by atoms with Gasteiger partial charge >= 0.3 is 6.03 Å². The van der Waals surface area contributed by atoms with Crippen LogP contribution in [0.25, 0.3) is 0 Å². The van der Waals surface area contributed by atoms with Crippen molar-refractivity contribution in [3.63, 3.8) is 0 Å². The van der Waals surface area contributed by atoms with Crippen LogP contribution in [0.15, 0.2) is 24.8 Å². The second-order valence-electron chi connectivity index (χ2n) is 7.15. The number of rotatable bonds is 4. The maximum absolute atomic E-state index is 12.6. The van der Waals surface area contributed by atoms with Crippen molar-refractivity contribution < 1.29 is 4.79 Å². The molecule has 132 valence electrons. The molecule has 0 radical (unpaired) electrons. The minimum Gasteiger partial charge on any atom is -0.338 e. The number of imidazole rings is 1. The zero-order valence-corrected chi connectivity index (χ0v) is 14.6. The van der Waals surface area contributed by atoms with Crippen molar-refractivity contribution in [2.24, 2.45) is 13.0 Å². The summed E-state index contributed by atoms with van der Waals surface area (Å²) in [6, 6.07) is -0.0627. The molecule has 0 bridgehead atoms. The smallest absolute Gasteiger partial charge is 0.321 e. The van der Waals surface area contributed by atoms with E-state index >= 15 is 0 Å². The summed E-state index contributed by atoms with van der Waals surface area (Å²) in [4.78, 5) is 27.6. The maximum atomic E-state index is 12.6. The molecule has 3 heterocycles. The molecule has 1 atom stereocenters. The second kappa shape index (κ2) is 6.82. The van der Waals surface area contributed by atoms with Gasteiger partial charge in [0.2, 0.25) is 0 Å². The lowest BCUT2D eigenvalue weighted by atomic mass is 9.94. The van der Waals surface area contributed by atoms with Gasteiger partial charge in [0.1, 0.15) is 11.6 Å². The van der Waals surface area contributed by atoms with Crippen molar-refractivity contribution in [1.82, 2.24) is 24.4 Å². The van der Waals surface area contributed by atoms with Crippen LogP contribution in [0.5, 0.6) is 0 Å². The van der Waals surface area contributed by atoms with E-state index in [9.17, 15) is 4.79 Å². The summed E-state index contributed by atoms with van der Waals surface area (Å²) in [5.41, 5.74) is 0.667. The molecule has 25 heavy (non-hydrogen) atoms. The Morgan fingerprint density at radius 2 is 2.04 bits per heavy atom. The van der Waals surface area contributed by atoms with Crippen LogP contribution in [-0.2, 0) is 13.5 Å². The molecule has 4 rings (SSSR count). The number of nitrogens with zero attached hydrogens (tertiary/aromatic N) is 5. The molecule has 2 fully saturated rings. The lowest BCUT2D eigenvalue weighted by Gasteiger charge is -2.32. The van der Waals surface area contributed by atoms with Crippen LogP contribution in [0.4, 0.5) is 10.5 Å². The average molecular weight is 340 g/mol. The summed E-state index contributed by atoms with van der Waals surface area (Å²) < 4.78 is 2.05. The van der Waals surface area contributed by atoms with Crippen LogP contribution in [0.2, 0.25) is 0 Å². The Balaban J connectivity index is 1.33. The van der Waals surface area contributed by atoms with Crippen molar-refractivity contribution in [2.75, 3.05) is 18.4 Å². The van der Waals surface area contributed by atoms with E-state index < -0.39 is 0 Å². The molecule has 2 aromatic rings. The van der Waals surface area contributed by atoms with Crippen LogP contribution in [0, 0.1) is 5.92 Å². The molecule has 2 aliphatic rings. The molecule has 1 aliphatic carbocycles. The highest BCUT2D eigenvalue weighted by molar-refractivity contribution is 5.89. The molecule has 1 saturated heterocycles. The minimum atomic E-state index is -0.0627. The molecular weight excluding hydrogens is 316 g/mol. The number of carbonyl (C=O) groups excluding carboxylic acids is 1. The number of amides is 2. The molecular formula is C18H24N6O. The predicted molar refractivity (Wildman–Crippen MR) is 94.2 cm³/mol.